The van der Waals surface area contributed by atoms with Crippen LogP contribution in [0.3, 0.4) is 0 Å². The van der Waals surface area contributed by atoms with Gasteiger partial charge in [-0.25, -0.2) is 17.7 Å². The van der Waals surface area contributed by atoms with E-state index in [9.17, 15) is 8.42 Å². The van der Waals surface area contributed by atoms with Crippen LogP contribution in [0.5, 0.6) is 0 Å². The number of aromatic nitrogens is 1. The van der Waals surface area contributed by atoms with Gasteiger partial charge in [0.1, 0.15) is 0 Å². The summed E-state index contributed by atoms with van der Waals surface area (Å²) in [5.74, 6) is -0.0711. The Morgan fingerprint density at radius 1 is 1.25 bits per heavy atom. The molecule has 108 valence electrons. The molecule has 0 atom stereocenters. The Hall–Kier alpha value is -1.11. The Labute approximate surface area is 128 Å². The number of rotatable bonds is 4. The standard InChI is InChI=1S/C13H15ClN2O2S2/c1-9-10(2)19-13(15-9)16(3)20(17,18)8-11-4-6-12(14)7-5-11/h4-7H,8H2,1-3H3. The molecule has 0 N–H and O–H groups in total. The minimum Gasteiger partial charge on any atom is -0.248 e. The quantitative estimate of drug-likeness (QED) is 0.863. The van der Waals surface area contributed by atoms with Gasteiger partial charge in [-0.05, 0) is 31.5 Å². The highest BCUT2D eigenvalue weighted by Crippen LogP contribution is 2.27. The van der Waals surface area contributed by atoms with Gasteiger partial charge in [0.2, 0.25) is 10.0 Å². The van der Waals surface area contributed by atoms with Crippen LogP contribution < -0.4 is 4.31 Å². The van der Waals surface area contributed by atoms with Crippen LogP contribution in [0.2, 0.25) is 5.02 Å². The number of thiazole rings is 1. The fraction of sp³-hybridized carbons (Fsp3) is 0.308. The molecule has 0 radical (unpaired) electrons. The predicted molar refractivity (Wildman–Crippen MR) is 84.1 cm³/mol. The number of hydrogen-bond donors (Lipinski definition) is 0. The number of nitrogens with zero attached hydrogens (tertiary/aromatic N) is 2. The van der Waals surface area contributed by atoms with Crippen LogP contribution in [0.25, 0.3) is 0 Å². The van der Waals surface area contributed by atoms with Crippen molar-refractivity contribution in [3.05, 3.63) is 45.4 Å². The van der Waals surface area contributed by atoms with E-state index < -0.39 is 10.0 Å². The van der Waals surface area contributed by atoms with Crippen LogP contribution in [0.4, 0.5) is 5.13 Å². The van der Waals surface area contributed by atoms with Crippen molar-refractivity contribution in [1.29, 1.82) is 0 Å². The van der Waals surface area contributed by atoms with Crippen LogP contribution >= 0.6 is 22.9 Å². The summed E-state index contributed by atoms with van der Waals surface area (Å²) < 4.78 is 26.0. The summed E-state index contributed by atoms with van der Waals surface area (Å²) in [6.07, 6.45) is 0. The Kier molecular flexibility index (Phi) is 4.36. The zero-order valence-corrected chi connectivity index (χ0v) is 13.8. The molecule has 1 aromatic carbocycles. The third kappa shape index (κ3) is 3.31. The summed E-state index contributed by atoms with van der Waals surface area (Å²) >= 11 is 7.17. The molecule has 1 heterocycles. The Morgan fingerprint density at radius 3 is 2.35 bits per heavy atom. The molecule has 0 fully saturated rings. The summed E-state index contributed by atoms with van der Waals surface area (Å²) in [6.45, 7) is 3.80. The topological polar surface area (TPSA) is 50.3 Å². The molecular formula is C13H15ClN2O2S2. The van der Waals surface area contributed by atoms with E-state index in [1.165, 1.54) is 22.7 Å². The van der Waals surface area contributed by atoms with Crippen molar-refractivity contribution in [2.75, 3.05) is 11.4 Å². The molecule has 0 bridgehead atoms. The highest BCUT2D eigenvalue weighted by Gasteiger charge is 2.22. The van der Waals surface area contributed by atoms with Gasteiger partial charge in [-0.15, -0.1) is 11.3 Å². The van der Waals surface area contributed by atoms with E-state index in [-0.39, 0.29) is 5.75 Å². The first-order chi connectivity index (χ1) is 9.29. The fourth-order valence-corrected chi connectivity index (χ4v) is 4.04. The average molecular weight is 331 g/mol. The lowest BCUT2D eigenvalue weighted by Crippen LogP contribution is -2.27. The maximum Gasteiger partial charge on any atom is 0.240 e. The van der Waals surface area contributed by atoms with Gasteiger partial charge in [-0.1, -0.05) is 23.7 Å². The molecule has 7 heteroatoms. The first-order valence-electron chi connectivity index (χ1n) is 5.94. The summed E-state index contributed by atoms with van der Waals surface area (Å²) in [6, 6.07) is 6.80. The van der Waals surface area contributed by atoms with E-state index in [1.807, 2.05) is 13.8 Å². The molecule has 0 spiro atoms. The van der Waals surface area contributed by atoms with Crippen molar-refractivity contribution >= 4 is 38.1 Å². The van der Waals surface area contributed by atoms with Crippen molar-refractivity contribution in [1.82, 2.24) is 4.98 Å². The molecule has 20 heavy (non-hydrogen) atoms. The number of sulfonamides is 1. The second-order valence-electron chi connectivity index (χ2n) is 4.49. The number of anilines is 1. The molecule has 0 amide bonds. The third-order valence-corrected chi connectivity index (χ3v) is 6.19. The molecule has 1 aromatic heterocycles. The van der Waals surface area contributed by atoms with Crippen molar-refractivity contribution in [2.45, 2.75) is 19.6 Å². The van der Waals surface area contributed by atoms with Crippen molar-refractivity contribution < 1.29 is 8.42 Å². The minimum atomic E-state index is -3.44. The summed E-state index contributed by atoms with van der Waals surface area (Å²) in [7, 11) is -1.91. The predicted octanol–water partition coefficient (Wildman–Crippen LogP) is 3.38. The molecule has 0 unspecified atom stereocenters. The smallest absolute Gasteiger partial charge is 0.240 e. The van der Waals surface area contributed by atoms with Gasteiger partial charge < -0.3 is 0 Å². The van der Waals surface area contributed by atoms with Crippen molar-refractivity contribution in [2.24, 2.45) is 0 Å². The van der Waals surface area contributed by atoms with Gasteiger partial charge >= 0.3 is 0 Å². The molecule has 4 nitrogen and oxygen atoms in total. The molecule has 0 saturated heterocycles. The largest absolute Gasteiger partial charge is 0.248 e. The Balaban J connectivity index is 2.23. The number of hydrogen-bond acceptors (Lipinski definition) is 4. The normalized spacial score (nSPS) is 11.6. The number of halogens is 1. The lowest BCUT2D eigenvalue weighted by Gasteiger charge is -2.16. The lowest BCUT2D eigenvalue weighted by molar-refractivity contribution is 0.593. The minimum absolute atomic E-state index is 0.0711. The maximum absolute atomic E-state index is 12.4. The molecule has 2 rings (SSSR count). The Bertz CT molecular complexity index is 689. The molecule has 0 aliphatic carbocycles. The monoisotopic (exact) mass is 330 g/mol. The van der Waals surface area contributed by atoms with Crippen LogP contribution in [0, 0.1) is 13.8 Å². The number of benzene rings is 1. The van der Waals surface area contributed by atoms with Crippen LogP contribution in [0.1, 0.15) is 16.1 Å². The second-order valence-corrected chi connectivity index (χ2v) is 8.11. The third-order valence-electron chi connectivity index (χ3n) is 2.97. The zero-order valence-electron chi connectivity index (χ0n) is 11.4. The van der Waals surface area contributed by atoms with Gasteiger partial charge in [0.05, 0.1) is 11.4 Å². The molecule has 0 aliphatic rings. The van der Waals surface area contributed by atoms with E-state index in [0.29, 0.717) is 15.7 Å². The highest BCUT2D eigenvalue weighted by atomic mass is 35.5. The van der Waals surface area contributed by atoms with Gasteiger partial charge in [0, 0.05) is 16.9 Å². The average Bonchev–Trinajstić information content (AvgIpc) is 2.71. The maximum atomic E-state index is 12.4. The zero-order chi connectivity index (χ0) is 14.9. The summed E-state index contributed by atoms with van der Waals surface area (Å²) in [5, 5.41) is 1.08. The van der Waals surface area contributed by atoms with Crippen LogP contribution in [-0.4, -0.2) is 20.4 Å². The molecular weight excluding hydrogens is 316 g/mol. The summed E-state index contributed by atoms with van der Waals surface area (Å²) in [5.41, 5.74) is 1.56. The second kappa shape index (κ2) is 5.71. The van der Waals surface area contributed by atoms with Crippen LogP contribution in [0.15, 0.2) is 24.3 Å². The van der Waals surface area contributed by atoms with E-state index in [0.717, 1.165) is 10.6 Å². The van der Waals surface area contributed by atoms with Gasteiger partial charge in [0.25, 0.3) is 0 Å². The van der Waals surface area contributed by atoms with Crippen molar-refractivity contribution in [3.8, 4) is 0 Å². The van der Waals surface area contributed by atoms with E-state index in [2.05, 4.69) is 4.98 Å². The first-order valence-corrected chi connectivity index (χ1v) is 8.75. The highest BCUT2D eigenvalue weighted by molar-refractivity contribution is 7.92. The van der Waals surface area contributed by atoms with Crippen LogP contribution in [-0.2, 0) is 15.8 Å². The first kappa shape index (κ1) is 15.3. The Morgan fingerprint density at radius 2 is 1.85 bits per heavy atom. The molecule has 0 saturated carbocycles. The molecule has 2 aromatic rings. The summed E-state index contributed by atoms with van der Waals surface area (Å²) in [4.78, 5) is 5.30. The number of aryl methyl sites for hydroxylation is 2. The lowest BCUT2D eigenvalue weighted by atomic mass is 10.2. The van der Waals surface area contributed by atoms with E-state index in [4.69, 9.17) is 11.6 Å². The van der Waals surface area contributed by atoms with Gasteiger partial charge in [-0.3, -0.25) is 0 Å². The SMILES string of the molecule is Cc1nc(N(C)S(=O)(=O)Cc2ccc(Cl)cc2)sc1C. The van der Waals surface area contributed by atoms with Crippen molar-refractivity contribution in [3.63, 3.8) is 0 Å². The molecule has 0 aliphatic heterocycles. The van der Waals surface area contributed by atoms with E-state index in [1.54, 1.807) is 24.3 Å². The van der Waals surface area contributed by atoms with Gasteiger partial charge in [-0.2, -0.15) is 0 Å². The van der Waals surface area contributed by atoms with E-state index >= 15 is 0 Å². The fourth-order valence-electron chi connectivity index (χ4n) is 1.60. The van der Waals surface area contributed by atoms with Gasteiger partial charge in [0.15, 0.2) is 5.13 Å².